The van der Waals surface area contributed by atoms with E-state index < -0.39 is 17.9 Å². The zero-order valence-electron chi connectivity index (χ0n) is 24.5. The highest BCUT2D eigenvalue weighted by atomic mass is 35.5. The van der Waals surface area contributed by atoms with Crippen molar-refractivity contribution in [2.45, 2.75) is 32.8 Å². The van der Waals surface area contributed by atoms with E-state index >= 15 is 0 Å². The lowest BCUT2D eigenvalue weighted by Gasteiger charge is -2.31. The van der Waals surface area contributed by atoms with Crippen molar-refractivity contribution in [3.8, 4) is 0 Å². The maximum Gasteiger partial charge on any atom is 0.336 e. The van der Waals surface area contributed by atoms with Crippen LogP contribution in [0.2, 0.25) is 10.0 Å². The number of benzene rings is 2. The number of esters is 2. The number of rotatable bonds is 11. The number of amides is 2. The molecule has 0 bridgehead atoms. The molecule has 5 rings (SSSR count). The molecule has 14 heteroatoms. The molecule has 1 aromatic heterocycles. The molecule has 2 amide bonds. The van der Waals surface area contributed by atoms with Crippen LogP contribution in [-0.4, -0.2) is 65.7 Å². The molecule has 1 atom stereocenters. The Morgan fingerprint density at radius 1 is 0.956 bits per heavy atom. The molecule has 234 valence electrons. The molecule has 11 nitrogen and oxygen atoms in total. The van der Waals surface area contributed by atoms with Gasteiger partial charge in [0.05, 0.1) is 64.3 Å². The van der Waals surface area contributed by atoms with Crippen LogP contribution in [-0.2, 0) is 36.8 Å². The normalized spacial score (nSPS) is 16.2. The zero-order valence-corrected chi connectivity index (χ0v) is 26.8. The number of dihydropyridines is 1. The fraction of sp³-hybridized carbons (Fsp3) is 0.290. The van der Waals surface area contributed by atoms with Gasteiger partial charge in [0.2, 0.25) is 0 Å². The number of nitrogens with zero attached hydrogens (tertiary/aromatic N) is 3. The van der Waals surface area contributed by atoms with Crippen molar-refractivity contribution in [2.75, 3.05) is 26.9 Å². The van der Waals surface area contributed by atoms with Crippen LogP contribution >= 0.6 is 34.5 Å². The molecule has 2 aliphatic heterocycles. The molecule has 0 spiro atoms. The van der Waals surface area contributed by atoms with Crippen molar-refractivity contribution in [2.24, 2.45) is 0 Å². The van der Waals surface area contributed by atoms with E-state index in [9.17, 15) is 19.2 Å². The van der Waals surface area contributed by atoms with Crippen molar-refractivity contribution < 1.29 is 33.4 Å². The predicted molar refractivity (Wildman–Crippen MR) is 166 cm³/mol. The molecule has 0 saturated carbocycles. The first-order valence-corrected chi connectivity index (χ1v) is 15.5. The summed E-state index contributed by atoms with van der Waals surface area (Å²) < 4.78 is 16.4. The number of nitrogens with one attached hydrogen (secondary N) is 1. The topological polar surface area (TPSA) is 137 Å². The van der Waals surface area contributed by atoms with Crippen LogP contribution < -0.4 is 5.32 Å². The summed E-state index contributed by atoms with van der Waals surface area (Å²) in [5, 5.41) is 13.1. The van der Waals surface area contributed by atoms with Crippen LogP contribution in [0.5, 0.6) is 0 Å². The van der Waals surface area contributed by atoms with Gasteiger partial charge in [-0.05, 0) is 37.6 Å². The van der Waals surface area contributed by atoms with Gasteiger partial charge in [-0.3, -0.25) is 14.5 Å². The van der Waals surface area contributed by atoms with Crippen LogP contribution in [0.1, 0.15) is 56.1 Å². The first-order chi connectivity index (χ1) is 21.7. The van der Waals surface area contributed by atoms with Crippen molar-refractivity contribution in [1.82, 2.24) is 20.4 Å². The summed E-state index contributed by atoms with van der Waals surface area (Å²) in [5.41, 5.74) is 2.34. The molecule has 0 radical (unpaired) electrons. The Morgan fingerprint density at radius 2 is 1.64 bits per heavy atom. The molecular weight excluding hydrogens is 643 g/mol. The van der Waals surface area contributed by atoms with Gasteiger partial charge >= 0.3 is 11.9 Å². The van der Waals surface area contributed by atoms with Gasteiger partial charge in [-0.15, -0.1) is 10.2 Å². The third-order valence-electron chi connectivity index (χ3n) is 7.25. The molecular formula is C31H28Cl2N4O7S. The second-order valence-corrected chi connectivity index (χ2v) is 11.9. The number of aromatic nitrogens is 2. The first-order valence-electron chi connectivity index (χ1n) is 13.9. The number of hydrogen-bond acceptors (Lipinski definition) is 11. The van der Waals surface area contributed by atoms with E-state index in [1.165, 1.54) is 23.3 Å². The van der Waals surface area contributed by atoms with Gasteiger partial charge in [0.15, 0.2) is 0 Å². The highest BCUT2D eigenvalue weighted by molar-refractivity contribution is 7.11. The summed E-state index contributed by atoms with van der Waals surface area (Å²) in [6.07, 6.45) is 0.339. The lowest BCUT2D eigenvalue weighted by Crippen LogP contribution is -2.34. The molecule has 1 N–H and O–H groups in total. The third-order valence-corrected chi connectivity index (χ3v) is 9.04. The van der Waals surface area contributed by atoms with Crippen LogP contribution in [0.3, 0.4) is 0 Å². The Labute approximate surface area is 272 Å². The number of halogens is 2. The van der Waals surface area contributed by atoms with E-state index in [1.807, 2.05) is 0 Å². The maximum absolute atomic E-state index is 13.4. The smallest absolute Gasteiger partial charge is 0.336 e. The molecule has 0 aliphatic carbocycles. The Kier molecular flexibility index (Phi) is 9.98. The number of ether oxygens (including phenoxy) is 3. The van der Waals surface area contributed by atoms with E-state index in [4.69, 9.17) is 37.4 Å². The van der Waals surface area contributed by atoms with Crippen LogP contribution in [0.15, 0.2) is 65.0 Å². The minimum absolute atomic E-state index is 0.0567. The monoisotopic (exact) mass is 670 g/mol. The minimum atomic E-state index is -0.946. The molecule has 0 fully saturated rings. The quantitative estimate of drug-likeness (QED) is 0.223. The summed E-state index contributed by atoms with van der Waals surface area (Å²) in [4.78, 5) is 52.9. The highest BCUT2D eigenvalue weighted by Gasteiger charge is 2.40. The van der Waals surface area contributed by atoms with Crippen molar-refractivity contribution in [3.05, 3.63) is 102 Å². The van der Waals surface area contributed by atoms with Gasteiger partial charge < -0.3 is 19.5 Å². The summed E-state index contributed by atoms with van der Waals surface area (Å²) in [6, 6.07) is 11.7. The second kappa shape index (κ2) is 13.9. The lowest BCUT2D eigenvalue weighted by molar-refractivity contribution is -0.139. The first kappa shape index (κ1) is 32.3. The van der Waals surface area contributed by atoms with Crippen LogP contribution in [0.25, 0.3) is 0 Å². The van der Waals surface area contributed by atoms with Gasteiger partial charge in [0.25, 0.3) is 11.8 Å². The summed E-state index contributed by atoms with van der Waals surface area (Å²) >= 11 is 14.2. The number of fused-ring (bicyclic) bond motifs is 1. The highest BCUT2D eigenvalue weighted by Crippen LogP contribution is 2.43. The minimum Gasteiger partial charge on any atom is -0.466 e. The Morgan fingerprint density at radius 3 is 2.31 bits per heavy atom. The van der Waals surface area contributed by atoms with Crippen molar-refractivity contribution in [3.63, 3.8) is 0 Å². The molecule has 3 aromatic rings. The van der Waals surface area contributed by atoms with Gasteiger partial charge in [0.1, 0.15) is 16.6 Å². The van der Waals surface area contributed by atoms with Crippen LogP contribution in [0.4, 0.5) is 0 Å². The second-order valence-electron chi connectivity index (χ2n) is 9.98. The number of methoxy groups -OCH3 is 1. The number of carbonyl (C=O) groups excluding carboxylic acids is 4. The Bertz CT molecular complexity index is 1720. The number of carbonyl (C=O) groups is 4. The molecule has 1 unspecified atom stereocenters. The van der Waals surface area contributed by atoms with E-state index in [0.29, 0.717) is 44.5 Å². The van der Waals surface area contributed by atoms with Crippen molar-refractivity contribution in [1.29, 1.82) is 0 Å². The van der Waals surface area contributed by atoms with Crippen molar-refractivity contribution >= 4 is 58.3 Å². The fourth-order valence-corrected chi connectivity index (χ4v) is 6.42. The number of hydrogen-bond donors (Lipinski definition) is 1. The SMILES string of the molecule is CCOC(=O)C1=C(COCc2nnc(CCN3C(=O)c4ccccc4C3=O)s2)NC(C)=C(C(=O)OC)C1c1cccc(Cl)c1Cl. The summed E-state index contributed by atoms with van der Waals surface area (Å²) in [6.45, 7) is 3.61. The van der Waals surface area contributed by atoms with E-state index in [0.717, 1.165) is 0 Å². The van der Waals surface area contributed by atoms with E-state index in [1.54, 1.807) is 56.3 Å². The number of imide groups is 1. The molecule has 3 heterocycles. The average Bonchev–Trinajstić information content (AvgIpc) is 3.58. The van der Waals surface area contributed by atoms with Gasteiger partial charge in [-0.25, -0.2) is 9.59 Å². The third kappa shape index (κ3) is 6.50. The standard InChI is InChI=1S/C31H28Cl2N4O7S/c1-4-44-31(41)26-21(34-16(2)24(30(40)42-3)25(26)19-10-7-11-20(32)27(19)33)14-43-15-23-36-35-22(45-23)12-13-37-28(38)17-8-5-6-9-18(17)29(37)39/h5-11,25,34H,4,12-15H2,1-3H3. The van der Waals surface area contributed by atoms with Gasteiger partial charge in [0, 0.05) is 18.7 Å². The average molecular weight is 672 g/mol. The largest absolute Gasteiger partial charge is 0.466 e. The van der Waals surface area contributed by atoms with E-state index in [2.05, 4.69) is 15.5 Å². The number of allylic oxidation sites excluding steroid dienone is 1. The lowest BCUT2D eigenvalue weighted by atomic mass is 9.80. The summed E-state index contributed by atoms with van der Waals surface area (Å²) in [5.74, 6) is -2.91. The van der Waals surface area contributed by atoms with Gasteiger partial charge in [-0.1, -0.05) is 58.8 Å². The molecule has 2 aliphatic rings. The Hall–Kier alpha value is -4.10. The van der Waals surface area contributed by atoms with E-state index in [-0.39, 0.29) is 59.4 Å². The van der Waals surface area contributed by atoms with Gasteiger partial charge in [-0.2, -0.15) is 0 Å². The zero-order chi connectivity index (χ0) is 32.2. The molecule has 2 aromatic carbocycles. The molecule has 45 heavy (non-hydrogen) atoms. The fourth-order valence-electron chi connectivity index (χ4n) is 5.23. The predicted octanol–water partition coefficient (Wildman–Crippen LogP) is 4.85. The maximum atomic E-state index is 13.4. The Balaban J connectivity index is 1.33. The molecule has 0 saturated heterocycles. The summed E-state index contributed by atoms with van der Waals surface area (Å²) in [7, 11) is 1.25. The van der Waals surface area contributed by atoms with Crippen LogP contribution in [0, 0.1) is 0 Å².